The van der Waals surface area contributed by atoms with Gasteiger partial charge in [0.05, 0.1) is 16.1 Å². The van der Waals surface area contributed by atoms with Crippen molar-refractivity contribution in [1.29, 1.82) is 0 Å². The molecule has 1 aliphatic heterocycles. The predicted octanol–water partition coefficient (Wildman–Crippen LogP) is 2.48. The van der Waals surface area contributed by atoms with Gasteiger partial charge in [0.1, 0.15) is 0 Å². The van der Waals surface area contributed by atoms with Gasteiger partial charge in [-0.3, -0.25) is 24.6 Å². The average molecular weight is 364 g/mol. The lowest BCUT2D eigenvalue weighted by Crippen LogP contribution is -2.31. The largest absolute Gasteiger partial charge is 0.339 e. The van der Waals surface area contributed by atoms with Gasteiger partial charge in [0.2, 0.25) is 11.7 Å². The number of imide groups is 1. The Morgan fingerprint density at radius 2 is 1.74 bits per heavy atom. The lowest BCUT2D eigenvalue weighted by molar-refractivity contribution is -0.384. The number of fused-ring (bicyclic) bond motifs is 1. The monoisotopic (exact) mass is 364 g/mol. The molecule has 0 bridgehead atoms. The fraction of sp³-hybridized carbons (Fsp3) is 0.111. The van der Waals surface area contributed by atoms with Gasteiger partial charge >= 0.3 is 0 Å². The van der Waals surface area contributed by atoms with Crippen molar-refractivity contribution in [2.24, 2.45) is 0 Å². The second-order valence-electron chi connectivity index (χ2n) is 5.88. The van der Waals surface area contributed by atoms with E-state index in [2.05, 4.69) is 10.1 Å². The first-order valence-electron chi connectivity index (χ1n) is 8.07. The minimum Gasteiger partial charge on any atom is -0.339 e. The second-order valence-corrected chi connectivity index (χ2v) is 5.88. The van der Waals surface area contributed by atoms with Gasteiger partial charge in [-0.2, -0.15) is 4.98 Å². The molecule has 0 unspecified atom stereocenters. The highest BCUT2D eigenvalue weighted by molar-refractivity contribution is 6.21. The molecule has 9 nitrogen and oxygen atoms in total. The molecule has 2 heterocycles. The molecule has 4 rings (SSSR count). The van der Waals surface area contributed by atoms with Crippen molar-refractivity contribution in [1.82, 2.24) is 15.0 Å². The fourth-order valence-corrected chi connectivity index (χ4v) is 2.88. The molecule has 3 aromatic rings. The van der Waals surface area contributed by atoms with Crippen molar-refractivity contribution in [3.05, 3.63) is 75.7 Å². The summed E-state index contributed by atoms with van der Waals surface area (Å²) in [5, 5.41) is 14.7. The van der Waals surface area contributed by atoms with Gasteiger partial charge in [-0.05, 0) is 12.1 Å². The number of nitro groups is 1. The lowest BCUT2D eigenvalue weighted by Gasteiger charge is -2.11. The van der Waals surface area contributed by atoms with Crippen molar-refractivity contribution in [3.63, 3.8) is 0 Å². The van der Waals surface area contributed by atoms with Crippen LogP contribution in [0, 0.1) is 10.1 Å². The van der Waals surface area contributed by atoms with Crippen LogP contribution < -0.4 is 0 Å². The van der Waals surface area contributed by atoms with Crippen LogP contribution in [0.3, 0.4) is 0 Å². The third-order valence-corrected chi connectivity index (χ3v) is 4.21. The minimum atomic E-state index is -0.507. The number of non-ortho nitro benzene ring substituents is 1. The number of benzene rings is 2. The smallest absolute Gasteiger partial charge is 0.270 e. The van der Waals surface area contributed by atoms with Crippen molar-refractivity contribution < 1.29 is 19.0 Å². The molecular formula is C18H12N4O5. The summed E-state index contributed by atoms with van der Waals surface area (Å²) in [4.78, 5) is 40.4. The predicted molar refractivity (Wildman–Crippen MR) is 91.9 cm³/mol. The Balaban J connectivity index is 1.48. The Morgan fingerprint density at radius 3 is 2.41 bits per heavy atom. The van der Waals surface area contributed by atoms with Crippen LogP contribution >= 0.6 is 0 Å². The van der Waals surface area contributed by atoms with Gasteiger partial charge in [0.15, 0.2) is 0 Å². The third-order valence-electron chi connectivity index (χ3n) is 4.21. The number of hydrogen-bond donors (Lipinski definition) is 0. The standard InChI is InChI=1S/C18H12N4O5/c23-17-13-6-1-2-7-14(13)18(24)21(17)9-8-15-19-16(20-27-15)11-4-3-5-12(10-11)22(25)26/h1-7,10H,8-9H2. The van der Waals surface area contributed by atoms with E-state index < -0.39 is 4.92 Å². The van der Waals surface area contributed by atoms with Crippen LogP contribution in [0.15, 0.2) is 53.1 Å². The van der Waals surface area contributed by atoms with Crippen LogP contribution in [0.4, 0.5) is 5.69 Å². The van der Waals surface area contributed by atoms with E-state index in [1.54, 1.807) is 30.3 Å². The molecule has 0 spiro atoms. The summed E-state index contributed by atoms with van der Waals surface area (Å²) in [5.74, 6) is -0.271. The lowest BCUT2D eigenvalue weighted by atomic mass is 10.1. The fourth-order valence-electron chi connectivity index (χ4n) is 2.88. The van der Waals surface area contributed by atoms with E-state index in [4.69, 9.17) is 4.52 Å². The highest BCUT2D eigenvalue weighted by Crippen LogP contribution is 2.24. The molecule has 0 aliphatic carbocycles. The SMILES string of the molecule is O=C1c2ccccc2C(=O)N1CCc1nc(-c2cccc([N+](=O)[O-])c2)no1. The van der Waals surface area contributed by atoms with Crippen LogP contribution in [0.5, 0.6) is 0 Å². The topological polar surface area (TPSA) is 119 Å². The molecule has 2 aromatic carbocycles. The normalized spacial score (nSPS) is 13.1. The van der Waals surface area contributed by atoms with Gasteiger partial charge in [-0.25, -0.2) is 0 Å². The van der Waals surface area contributed by atoms with Crippen molar-refractivity contribution in [2.75, 3.05) is 6.54 Å². The van der Waals surface area contributed by atoms with Gasteiger partial charge in [0.25, 0.3) is 17.5 Å². The van der Waals surface area contributed by atoms with Crippen LogP contribution in [-0.2, 0) is 6.42 Å². The van der Waals surface area contributed by atoms with Crippen molar-refractivity contribution in [2.45, 2.75) is 6.42 Å². The quantitative estimate of drug-likeness (QED) is 0.387. The zero-order chi connectivity index (χ0) is 19.0. The summed E-state index contributed by atoms with van der Waals surface area (Å²) >= 11 is 0. The highest BCUT2D eigenvalue weighted by Gasteiger charge is 2.34. The van der Waals surface area contributed by atoms with Crippen LogP contribution in [-0.4, -0.2) is 38.3 Å². The van der Waals surface area contributed by atoms with Gasteiger partial charge < -0.3 is 4.52 Å². The minimum absolute atomic E-state index is 0.0788. The number of carbonyl (C=O) groups is 2. The maximum Gasteiger partial charge on any atom is 0.270 e. The molecule has 0 atom stereocenters. The van der Waals surface area contributed by atoms with E-state index >= 15 is 0 Å². The van der Waals surface area contributed by atoms with E-state index in [0.717, 1.165) is 4.90 Å². The molecular weight excluding hydrogens is 352 g/mol. The van der Waals surface area contributed by atoms with E-state index in [1.165, 1.54) is 18.2 Å². The first kappa shape index (κ1) is 16.6. The number of hydrogen-bond acceptors (Lipinski definition) is 7. The molecule has 0 N–H and O–H groups in total. The summed E-state index contributed by atoms with van der Waals surface area (Å²) in [5.41, 5.74) is 1.13. The zero-order valence-corrected chi connectivity index (χ0v) is 13.9. The third kappa shape index (κ3) is 2.95. The molecule has 1 aliphatic rings. The first-order chi connectivity index (χ1) is 13.0. The molecule has 27 heavy (non-hydrogen) atoms. The second kappa shape index (κ2) is 6.45. The number of amides is 2. The maximum absolute atomic E-state index is 12.3. The van der Waals surface area contributed by atoms with Crippen LogP contribution in [0.1, 0.15) is 26.6 Å². The number of carbonyl (C=O) groups excluding carboxylic acids is 2. The molecule has 0 saturated carbocycles. The van der Waals surface area contributed by atoms with E-state index in [9.17, 15) is 19.7 Å². The Morgan fingerprint density at radius 1 is 1.04 bits per heavy atom. The first-order valence-corrected chi connectivity index (χ1v) is 8.07. The maximum atomic E-state index is 12.3. The Hall–Kier alpha value is -3.88. The summed E-state index contributed by atoms with van der Waals surface area (Å²) in [6.07, 6.45) is 0.188. The summed E-state index contributed by atoms with van der Waals surface area (Å²) in [6.45, 7) is 0.100. The zero-order valence-electron chi connectivity index (χ0n) is 13.9. The Kier molecular flexibility index (Phi) is 3.96. The summed E-state index contributed by atoms with van der Waals surface area (Å²) in [6, 6.07) is 12.5. The molecule has 0 radical (unpaired) electrons. The van der Waals surface area contributed by atoms with E-state index in [0.29, 0.717) is 16.7 Å². The summed E-state index contributed by atoms with van der Waals surface area (Å²) in [7, 11) is 0. The molecule has 2 amide bonds. The molecule has 0 saturated heterocycles. The number of nitrogens with zero attached hydrogens (tertiary/aromatic N) is 4. The summed E-state index contributed by atoms with van der Waals surface area (Å²) < 4.78 is 5.15. The Labute approximate surface area is 152 Å². The Bertz CT molecular complexity index is 1040. The van der Waals surface area contributed by atoms with Crippen molar-refractivity contribution in [3.8, 4) is 11.4 Å². The van der Waals surface area contributed by atoms with Gasteiger partial charge in [-0.1, -0.05) is 29.4 Å². The highest BCUT2D eigenvalue weighted by atomic mass is 16.6. The van der Waals surface area contributed by atoms with Gasteiger partial charge in [-0.15, -0.1) is 0 Å². The number of aromatic nitrogens is 2. The molecule has 1 aromatic heterocycles. The molecule has 134 valence electrons. The molecule has 0 fully saturated rings. The van der Waals surface area contributed by atoms with Gasteiger partial charge in [0, 0.05) is 30.7 Å². The molecule has 9 heteroatoms. The van der Waals surface area contributed by atoms with E-state index in [1.807, 2.05) is 0 Å². The average Bonchev–Trinajstić information content (AvgIpc) is 3.25. The number of nitro benzene ring substituents is 1. The van der Waals surface area contributed by atoms with Crippen molar-refractivity contribution >= 4 is 17.5 Å². The number of rotatable bonds is 5. The van der Waals surface area contributed by atoms with Crippen LogP contribution in [0.2, 0.25) is 0 Å². The van der Waals surface area contributed by atoms with Crippen LogP contribution in [0.25, 0.3) is 11.4 Å². The van der Waals surface area contributed by atoms with E-state index in [-0.39, 0.29) is 42.2 Å².